The molecule has 0 fully saturated rings. The average Bonchev–Trinajstić information content (AvgIpc) is 2.30. The van der Waals surface area contributed by atoms with Gasteiger partial charge in [-0.2, -0.15) is 0 Å². The minimum absolute atomic E-state index is 0.581. The third-order valence-electron chi connectivity index (χ3n) is 2.47. The van der Waals surface area contributed by atoms with E-state index in [4.69, 9.17) is 9.84 Å². The van der Waals surface area contributed by atoms with Crippen molar-refractivity contribution in [3.8, 4) is 5.75 Å². The topological polar surface area (TPSA) is 58.6 Å². The van der Waals surface area contributed by atoms with Crippen molar-refractivity contribution in [1.29, 1.82) is 0 Å². The van der Waals surface area contributed by atoms with Gasteiger partial charge in [-0.3, -0.25) is 0 Å². The maximum absolute atomic E-state index is 10.6. The second-order valence-electron chi connectivity index (χ2n) is 4.77. The Kier molecular flexibility index (Phi) is 5.65. The number of ether oxygens (including phenoxy) is 1. The number of carboxylic acids is 1. The van der Waals surface area contributed by atoms with Gasteiger partial charge in [0.1, 0.15) is 5.75 Å². The summed E-state index contributed by atoms with van der Waals surface area (Å²) < 4.78 is 5.25. The molecule has 1 aromatic rings. The van der Waals surface area contributed by atoms with Gasteiger partial charge in [0.15, 0.2) is 6.10 Å². The highest BCUT2D eigenvalue weighted by Crippen LogP contribution is 2.14. The second kappa shape index (κ2) is 7.01. The number of hydrogen-bond acceptors (Lipinski definition) is 3. The first-order valence-electron chi connectivity index (χ1n) is 6.18. The van der Waals surface area contributed by atoms with Crippen molar-refractivity contribution in [1.82, 2.24) is 5.32 Å². The Morgan fingerprint density at radius 1 is 1.28 bits per heavy atom. The van der Waals surface area contributed by atoms with Crippen LogP contribution < -0.4 is 10.1 Å². The molecule has 1 atom stereocenters. The van der Waals surface area contributed by atoms with Crippen LogP contribution in [0.1, 0.15) is 26.3 Å². The van der Waals surface area contributed by atoms with Gasteiger partial charge in [0.2, 0.25) is 0 Å². The lowest BCUT2D eigenvalue weighted by Gasteiger charge is -2.11. The minimum atomic E-state index is -0.960. The lowest BCUT2D eigenvalue weighted by Crippen LogP contribution is -2.22. The Morgan fingerprint density at radius 2 is 1.89 bits per heavy atom. The number of benzene rings is 1. The third kappa shape index (κ3) is 5.19. The Bertz CT molecular complexity index is 373. The quantitative estimate of drug-likeness (QED) is 0.780. The average molecular weight is 251 g/mol. The fourth-order valence-corrected chi connectivity index (χ4v) is 1.45. The van der Waals surface area contributed by atoms with Crippen LogP contribution in [0.4, 0.5) is 0 Å². The summed E-state index contributed by atoms with van der Waals surface area (Å²) in [6, 6.07) is 7.48. The van der Waals surface area contributed by atoms with Gasteiger partial charge in [-0.15, -0.1) is 0 Å². The SMILES string of the molecule is CC(C)CNCc1ccc(OC(C)C(=O)O)cc1. The van der Waals surface area contributed by atoms with E-state index in [1.165, 1.54) is 6.92 Å². The molecule has 0 heterocycles. The van der Waals surface area contributed by atoms with Crippen LogP contribution in [0, 0.1) is 5.92 Å². The molecule has 2 N–H and O–H groups in total. The van der Waals surface area contributed by atoms with Crippen LogP contribution in [0.2, 0.25) is 0 Å². The van der Waals surface area contributed by atoms with Crippen molar-refractivity contribution in [2.75, 3.05) is 6.54 Å². The number of carboxylic acid groups (broad SMARTS) is 1. The predicted octanol–water partition coefficient (Wildman–Crippen LogP) is 2.28. The lowest BCUT2D eigenvalue weighted by molar-refractivity contribution is -0.144. The van der Waals surface area contributed by atoms with Crippen LogP contribution in [0.3, 0.4) is 0 Å². The predicted molar refractivity (Wildman–Crippen MR) is 70.7 cm³/mol. The molecule has 0 aliphatic heterocycles. The molecule has 1 rings (SSSR count). The van der Waals surface area contributed by atoms with Crippen molar-refractivity contribution < 1.29 is 14.6 Å². The highest BCUT2D eigenvalue weighted by molar-refractivity contribution is 5.72. The maximum Gasteiger partial charge on any atom is 0.344 e. The Morgan fingerprint density at radius 3 is 2.39 bits per heavy atom. The summed E-state index contributed by atoms with van der Waals surface area (Å²) in [5.74, 6) is 0.249. The van der Waals surface area contributed by atoms with Crippen LogP contribution in [0.25, 0.3) is 0 Å². The van der Waals surface area contributed by atoms with Crippen molar-refractivity contribution in [2.24, 2.45) is 5.92 Å². The number of nitrogens with one attached hydrogen (secondary N) is 1. The summed E-state index contributed by atoms with van der Waals surface area (Å²) in [5.41, 5.74) is 1.16. The van der Waals surface area contributed by atoms with Gasteiger partial charge < -0.3 is 15.2 Å². The zero-order valence-electron chi connectivity index (χ0n) is 11.1. The highest BCUT2D eigenvalue weighted by atomic mass is 16.5. The monoisotopic (exact) mass is 251 g/mol. The molecule has 0 saturated heterocycles. The van der Waals surface area contributed by atoms with Crippen molar-refractivity contribution in [3.05, 3.63) is 29.8 Å². The molecule has 0 saturated carbocycles. The fourth-order valence-electron chi connectivity index (χ4n) is 1.45. The Balaban J connectivity index is 2.44. The van der Waals surface area contributed by atoms with E-state index in [0.717, 1.165) is 18.7 Å². The van der Waals surface area contributed by atoms with Gasteiger partial charge >= 0.3 is 5.97 Å². The number of aliphatic carboxylic acids is 1. The molecule has 18 heavy (non-hydrogen) atoms. The molecule has 4 nitrogen and oxygen atoms in total. The zero-order valence-corrected chi connectivity index (χ0v) is 11.1. The van der Waals surface area contributed by atoms with Crippen LogP contribution in [-0.2, 0) is 11.3 Å². The first-order valence-corrected chi connectivity index (χ1v) is 6.18. The van der Waals surface area contributed by atoms with Crippen LogP contribution >= 0.6 is 0 Å². The lowest BCUT2D eigenvalue weighted by atomic mass is 10.2. The molecule has 0 spiro atoms. The van der Waals surface area contributed by atoms with Gasteiger partial charge in [-0.1, -0.05) is 26.0 Å². The molecule has 0 aliphatic carbocycles. The molecule has 1 aromatic carbocycles. The summed E-state index contributed by atoms with van der Waals surface area (Å²) in [7, 11) is 0. The first-order chi connectivity index (χ1) is 8.49. The molecular weight excluding hydrogens is 230 g/mol. The largest absolute Gasteiger partial charge is 0.479 e. The summed E-state index contributed by atoms with van der Waals surface area (Å²) in [6.07, 6.45) is -0.824. The van der Waals surface area contributed by atoms with Gasteiger partial charge in [0, 0.05) is 6.54 Å². The zero-order chi connectivity index (χ0) is 13.5. The van der Waals surface area contributed by atoms with E-state index >= 15 is 0 Å². The molecule has 100 valence electrons. The fraction of sp³-hybridized carbons (Fsp3) is 0.500. The summed E-state index contributed by atoms with van der Waals surface area (Å²) in [5, 5.41) is 12.1. The molecule has 0 radical (unpaired) electrons. The van der Waals surface area contributed by atoms with Crippen molar-refractivity contribution in [3.63, 3.8) is 0 Å². The number of carbonyl (C=O) groups is 1. The van der Waals surface area contributed by atoms with Gasteiger partial charge in [0.25, 0.3) is 0 Å². The minimum Gasteiger partial charge on any atom is -0.479 e. The molecule has 0 amide bonds. The van der Waals surface area contributed by atoms with E-state index in [9.17, 15) is 4.79 Å². The first kappa shape index (κ1) is 14.5. The molecular formula is C14H21NO3. The molecule has 0 bridgehead atoms. The van der Waals surface area contributed by atoms with Gasteiger partial charge in [-0.05, 0) is 37.1 Å². The van der Waals surface area contributed by atoms with E-state index in [-0.39, 0.29) is 0 Å². The van der Waals surface area contributed by atoms with E-state index in [1.54, 1.807) is 12.1 Å². The van der Waals surface area contributed by atoms with Crippen LogP contribution in [0.15, 0.2) is 24.3 Å². The van der Waals surface area contributed by atoms with E-state index in [1.807, 2.05) is 12.1 Å². The van der Waals surface area contributed by atoms with E-state index in [2.05, 4.69) is 19.2 Å². The maximum atomic E-state index is 10.6. The smallest absolute Gasteiger partial charge is 0.344 e. The second-order valence-corrected chi connectivity index (χ2v) is 4.77. The summed E-state index contributed by atoms with van der Waals surface area (Å²) in [4.78, 5) is 10.6. The standard InChI is InChI=1S/C14H21NO3/c1-10(2)8-15-9-12-4-6-13(7-5-12)18-11(3)14(16)17/h4-7,10-11,15H,8-9H2,1-3H3,(H,16,17). The molecule has 0 aliphatic rings. The van der Waals surface area contributed by atoms with Crippen LogP contribution in [-0.4, -0.2) is 23.7 Å². The highest BCUT2D eigenvalue weighted by Gasteiger charge is 2.11. The third-order valence-corrected chi connectivity index (χ3v) is 2.47. The van der Waals surface area contributed by atoms with E-state index < -0.39 is 12.1 Å². The number of hydrogen-bond donors (Lipinski definition) is 2. The van der Waals surface area contributed by atoms with Crippen molar-refractivity contribution in [2.45, 2.75) is 33.4 Å². The summed E-state index contributed by atoms with van der Waals surface area (Å²) in [6.45, 7) is 7.64. The van der Waals surface area contributed by atoms with Gasteiger partial charge in [-0.25, -0.2) is 4.79 Å². The van der Waals surface area contributed by atoms with E-state index in [0.29, 0.717) is 11.7 Å². The Hall–Kier alpha value is -1.55. The Labute approximate surface area is 108 Å². The molecule has 1 unspecified atom stereocenters. The molecule has 4 heteroatoms. The number of rotatable bonds is 7. The van der Waals surface area contributed by atoms with Crippen LogP contribution in [0.5, 0.6) is 5.75 Å². The van der Waals surface area contributed by atoms with Gasteiger partial charge in [0.05, 0.1) is 0 Å². The normalized spacial score (nSPS) is 12.4. The van der Waals surface area contributed by atoms with Crippen molar-refractivity contribution >= 4 is 5.97 Å². The molecule has 0 aromatic heterocycles. The summed E-state index contributed by atoms with van der Waals surface area (Å²) >= 11 is 0.